The van der Waals surface area contributed by atoms with Crippen LogP contribution in [0.15, 0.2) is 0 Å². The predicted molar refractivity (Wildman–Crippen MR) is 66.8 cm³/mol. The molecule has 3 rings (SSSR count). The molecule has 2 aliphatic rings. The van der Waals surface area contributed by atoms with Gasteiger partial charge >= 0.3 is 0 Å². The molecule has 1 fully saturated rings. The number of nitrogens with zero attached hydrogens (tertiary/aromatic N) is 3. The molecule has 3 atom stereocenters. The second-order valence-corrected chi connectivity index (χ2v) is 5.50. The normalized spacial score (nSPS) is 32.7. The highest BCUT2D eigenvalue weighted by Gasteiger charge is 2.32. The fourth-order valence-corrected chi connectivity index (χ4v) is 3.39. The van der Waals surface area contributed by atoms with Crippen LogP contribution in [0.5, 0.6) is 0 Å². The minimum absolute atomic E-state index is 0.404. The van der Waals surface area contributed by atoms with Crippen molar-refractivity contribution >= 4 is 0 Å². The lowest BCUT2D eigenvalue weighted by Gasteiger charge is -2.25. The topological polar surface area (TPSA) is 42.7 Å². The standard InChI is InChI=1S/C13H22N4/c1-3-11-13-16-15-12(17(13)8-7-14-11)10-6-4-5-9(10)2/h9-11,14H,3-8H2,1-2H3. The Balaban J connectivity index is 1.94. The second-order valence-electron chi connectivity index (χ2n) is 5.50. The number of aromatic nitrogens is 3. The lowest BCUT2D eigenvalue weighted by molar-refractivity contribution is 0.387. The van der Waals surface area contributed by atoms with Gasteiger partial charge in [0.1, 0.15) is 11.6 Å². The van der Waals surface area contributed by atoms with E-state index in [1.54, 1.807) is 0 Å². The van der Waals surface area contributed by atoms with Crippen molar-refractivity contribution in [2.45, 2.75) is 58.0 Å². The van der Waals surface area contributed by atoms with Crippen molar-refractivity contribution < 1.29 is 0 Å². The zero-order chi connectivity index (χ0) is 11.8. The van der Waals surface area contributed by atoms with Crippen LogP contribution in [0.1, 0.15) is 63.1 Å². The molecule has 1 N–H and O–H groups in total. The number of hydrogen-bond acceptors (Lipinski definition) is 3. The number of fused-ring (bicyclic) bond motifs is 1. The third kappa shape index (κ3) is 1.79. The van der Waals surface area contributed by atoms with Gasteiger partial charge in [-0.05, 0) is 25.2 Å². The van der Waals surface area contributed by atoms with Crippen molar-refractivity contribution in [1.29, 1.82) is 0 Å². The average Bonchev–Trinajstić information content (AvgIpc) is 2.94. The molecule has 0 aromatic carbocycles. The maximum atomic E-state index is 4.50. The Labute approximate surface area is 103 Å². The molecule has 4 heteroatoms. The summed E-state index contributed by atoms with van der Waals surface area (Å²) >= 11 is 0. The van der Waals surface area contributed by atoms with E-state index in [0.717, 1.165) is 31.3 Å². The molecule has 17 heavy (non-hydrogen) atoms. The second kappa shape index (κ2) is 4.41. The van der Waals surface area contributed by atoms with Gasteiger partial charge in [-0.1, -0.05) is 20.3 Å². The van der Waals surface area contributed by atoms with Crippen molar-refractivity contribution in [1.82, 2.24) is 20.1 Å². The third-order valence-electron chi connectivity index (χ3n) is 4.45. The summed E-state index contributed by atoms with van der Waals surface area (Å²) in [6.45, 7) is 6.66. The Morgan fingerprint density at radius 2 is 2.12 bits per heavy atom. The summed E-state index contributed by atoms with van der Waals surface area (Å²) in [4.78, 5) is 0. The maximum Gasteiger partial charge on any atom is 0.150 e. The van der Waals surface area contributed by atoms with Crippen molar-refractivity contribution in [3.8, 4) is 0 Å². The molecule has 1 aliphatic heterocycles. The van der Waals surface area contributed by atoms with Crippen LogP contribution >= 0.6 is 0 Å². The van der Waals surface area contributed by atoms with Crippen LogP contribution in [0.4, 0.5) is 0 Å². The number of rotatable bonds is 2. The predicted octanol–water partition coefficient (Wildman–Crippen LogP) is 2.24. The van der Waals surface area contributed by atoms with Crippen LogP contribution in [0.3, 0.4) is 0 Å². The Morgan fingerprint density at radius 3 is 2.82 bits per heavy atom. The van der Waals surface area contributed by atoms with Gasteiger partial charge in [-0.15, -0.1) is 10.2 Å². The van der Waals surface area contributed by atoms with Crippen molar-refractivity contribution in [3.63, 3.8) is 0 Å². The van der Waals surface area contributed by atoms with Gasteiger partial charge in [0, 0.05) is 19.0 Å². The fourth-order valence-electron chi connectivity index (χ4n) is 3.39. The van der Waals surface area contributed by atoms with Gasteiger partial charge < -0.3 is 9.88 Å². The summed E-state index contributed by atoms with van der Waals surface area (Å²) in [6.07, 6.45) is 5.09. The summed E-state index contributed by atoms with van der Waals surface area (Å²) in [5, 5.41) is 12.5. The zero-order valence-electron chi connectivity index (χ0n) is 10.8. The Morgan fingerprint density at radius 1 is 1.29 bits per heavy atom. The molecular weight excluding hydrogens is 212 g/mol. The van der Waals surface area contributed by atoms with Crippen LogP contribution in [-0.2, 0) is 6.54 Å². The first-order chi connectivity index (χ1) is 8.31. The number of hydrogen-bond donors (Lipinski definition) is 1. The molecule has 2 heterocycles. The quantitative estimate of drug-likeness (QED) is 0.853. The first-order valence-corrected chi connectivity index (χ1v) is 6.97. The van der Waals surface area contributed by atoms with Crippen LogP contribution in [0, 0.1) is 5.92 Å². The highest BCUT2D eigenvalue weighted by atomic mass is 15.3. The Kier molecular flexibility index (Phi) is 2.90. The van der Waals surface area contributed by atoms with E-state index in [1.807, 2.05) is 0 Å². The van der Waals surface area contributed by atoms with Gasteiger partial charge in [-0.3, -0.25) is 0 Å². The molecule has 0 amide bonds. The van der Waals surface area contributed by atoms with Gasteiger partial charge in [-0.25, -0.2) is 0 Å². The molecule has 94 valence electrons. The van der Waals surface area contributed by atoms with Gasteiger partial charge in [0.2, 0.25) is 0 Å². The molecule has 1 aromatic heterocycles. The van der Waals surface area contributed by atoms with E-state index >= 15 is 0 Å². The van der Waals surface area contributed by atoms with Gasteiger partial charge in [0.15, 0.2) is 0 Å². The van der Waals surface area contributed by atoms with Gasteiger partial charge in [-0.2, -0.15) is 0 Å². The van der Waals surface area contributed by atoms with Crippen molar-refractivity contribution in [2.24, 2.45) is 5.92 Å². The third-order valence-corrected chi connectivity index (χ3v) is 4.45. The minimum atomic E-state index is 0.404. The first kappa shape index (κ1) is 11.2. The van der Waals surface area contributed by atoms with E-state index in [-0.39, 0.29) is 0 Å². The van der Waals surface area contributed by atoms with Crippen LogP contribution in [0.25, 0.3) is 0 Å². The van der Waals surface area contributed by atoms with Crippen molar-refractivity contribution in [3.05, 3.63) is 11.6 Å². The molecule has 0 bridgehead atoms. The largest absolute Gasteiger partial charge is 0.312 e. The Bertz CT molecular complexity index is 398. The smallest absolute Gasteiger partial charge is 0.150 e. The summed E-state index contributed by atoms with van der Waals surface area (Å²) in [5.74, 6) is 3.84. The molecule has 0 spiro atoms. The molecule has 0 saturated heterocycles. The first-order valence-electron chi connectivity index (χ1n) is 6.97. The van der Waals surface area contributed by atoms with E-state index in [9.17, 15) is 0 Å². The molecule has 1 saturated carbocycles. The molecule has 3 unspecified atom stereocenters. The monoisotopic (exact) mass is 234 g/mol. The zero-order valence-corrected chi connectivity index (χ0v) is 10.8. The van der Waals surface area contributed by atoms with Crippen LogP contribution in [-0.4, -0.2) is 21.3 Å². The summed E-state index contributed by atoms with van der Waals surface area (Å²) < 4.78 is 2.39. The van der Waals surface area contributed by atoms with Gasteiger partial charge in [0.05, 0.1) is 6.04 Å². The van der Waals surface area contributed by atoms with E-state index in [4.69, 9.17) is 0 Å². The molecule has 4 nitrogen and oxygen atoms in total. The summed E-state index contributed by atoms with van der Waals surface area (Å²) in [7, 11) is 0. The molecule has 1 aromatic rings. The van der Waals surface area contributed by atoms with E-state index in [1.165, 1.54) is 25.1 Å². The highest BCUT2D eigenvalue weighted by Crippen LogP contribution is 2.39. The van der Waals surface area contributed by atoms with E-state index < -0.39 is 0 Å². The Hall–Kier alpha value is -0.900. The van der Waals surface area contributed by atoms with Crippen molar-refractivity contribution in [2.75, 3.05) is 6.54 Å². The van der Waals surface area contributed by atoms with Crippen LogP contribution < -0.4 is 5.32 Å². The lowest BCUT2D eigenvalue weighted by atomic mass is 9.97. The van der Waals surface area contributed by atoms with E-state index in [2.05, 4.69) is 33.9 Å². The molecular formula is C13H22N4. The lowest BCUT2D eigenvalue weighted by Crippen LogP contribution is -2.34. The molecule has 0 radical (unpaired) electrons. The van der Waals surface area contributed by atoms with Gasteiger partial charge in [0.25, 0.3) is 0 Å². The minimum Gasteiger partial charge on any atom is -0.312 e. The SMILES string of the molecule is CCC1NCCn2c1nnc2C1CCCC1C. The van der Waals surface area contributed by atoms with Crippen LogP contribution in [0.2, 0.25) is 0 Å². The number of nitrogens with one attached hydrogen (secondary N) is 1. The van der Waals surface area contributed by atoms with E-state index in [0.29, 0.717) is 12.0 Å². The fraction of sp³-hybridized carbons (Fsp3) is 0.846. The highest BCUT2D eigenvalue weighted by molar-refractivity contribution is 5.10. The summed E-state index contributed by atoms with van der Waals surface area (Å²) in [5.41, 5.74) is 0. The average molecular weight is 234 g/mol. The summed E-state index contributed by atoms with van der Waals surface area (Å²) in [6, 6.07) is 0.404. The molecule has 1 aliphatic carbocycles. The maximum absolute atomic E-state index is 4.50.